The molecule has 14 heteroatoms. The van der Waals surface area contributed by atoms with Crippen molar-refractivity contribution in [3.05, 3.63) is 11.1 Å². The Bertz CT molecular complexity index is 522. The summed E-state index contributed by atoms with van der Waals surface area (Å²) >= 11 is -0.384. The van der Waals surface area contributed by atoms with Gasteiger partial charge in [-0.25, -0.2) is 9.55 Å². The standard InChI is InChI=1S/C6H5F6N2O4PS/c7-5(8,9)4(15,6(10,11)12)2-1-13-3(20-2)14-19(16,17)18/h1,15H,(H3,13,14,16,17,18). The van der Waals surface area contributed by atoms with Crippen molar-refractivity contribution in [2.45, 2.75) is 18.0 Å². The van der Waals surface area contributed by atoms with E-state index in [-0.39, 0.29) is 17.5 Å². The van der Waals surface area contributed by atoms with Crippen LogP contribution in [0.4, 0.5) is 31.5 Å². The highest BCUT2D eigenvalue weighted by Gasteiger charge is 2.72. The highest BCUT2D eigenvalue weighted by Crippen LogP contribution is 2.52. The van der Waals surface area contributed by atoms with Crippen molar-refractivity contribution in [2.75, 3.05) is 5.09 Å². The summed E-state index contributed by atoms with van der Waals surface area (Å²) in [5.41, 5.74) is -5.17. The van der Waals surface area contributed by atoms with Crippen LogP contribution in [0.15, 0.2) is 6.20 Å². The number of hydrogen-bond donors (Lipinski definition) is 4. The molecule has 0 aliphatic heterocycles. The Morgan fingerprint density at radius 2 is 1.60 bits per heavy atom. The summed E-state index contributed by atoms with van der Waals surface area (Å²) in [7, 11) is -4.95. The molecule has 4 N–H and O–H groups in total. The summed E-state index contributed by atoms with van der Waals surface area (Å²) in [6.45, 7) is 0. The van der Waals surface area contributed by atoms with E-state index in [2.05, 4.69) is 4.98 Å². The fourth-order valence-corrected chi connectivity index (χ4v) is 2.70. The largest absolute Gasteiger partial charge is 0.431 e. The fourth-order valence-electron chi connectivity index (χ4n) is 1.06. The van der Waals surface area contributed by atoms with Crippen LogP contribution >= 0.6 is 19.1 Å². The van der Waals surface area contributed by atoms with Crippen molar-refractivity contribution < 1.29 is 45.8 Å². The third-order valence-corrected chi connectivity index (χ3v) is 3.60. The molecule has 0 fully saturated rings. The molecule has 20 heavy (non-hydrogen) atoms. The molecule has 1 aromatic heterocycles. The van der Waals surface area contributed by atoms with Crippen LogP contribution in [0.1, 0.15) is 4.88 Å². The van der Waals surface area contributed by atoms with Gasteiger partial charge in [-0.3, -0.25) is 5.09 Å². The van der Waals surface area contributed by atoms with E-state index in [1.54, 1.807) is 0 Å². The zero-order valence-electron chi connectivity index (χ0n) is 8.90. The molecule has 0 bridgehead atoms. The van der Waals surface area contributed by atoms with Crippen molar-refractivity contribution in [3.8, 4) is 0 Å². The van der Waals surface area contributed by atoms with Crippen LogP contribution in [0.3, 0.4) is 0 Å². The van der Waals surface area contributed by atoms with Crippen LogP contribution in [0.25, 0.3) is 0 Å². The van der Waals surface area contributed by atoms with Crippen molar-refractivity contribution >= 4 is 24.2 Å². The van der Waals surface area contributed by atoms with Gasteiger partial charge in [-0.1, -0.05) is 11.3 Å². The molecular weight excluding hydrogens is 341 g/mol. The highest BCUT2D eigenvalue weighted by atomic mass is 32.1. The first-order valence-corrected chi connectivity index (χ1v) is 6.77. The van der Waals surface area contributed by atoms with Gasteiger partial charge in [0.15, 0.2) is 5.13 Å². The average Bonchev–Trinajstić information content (AvgIpc) is 2.58. The van der Waals surface area contributed by atoms with Crippen LogP contribution in [0.5, 0.6) is 0 Å². The van der Waals surface area contributed by atoms with Gasteiger partial charge in [-0.2, -0.15) is 26.3 Å². The van der Waals surface area contributed by atoms with Gasteiger partial charge in [0.1, 0.15) is 0 Å². The van der Waals surface area contributed by atoms with E-state index in [0.717, 1.165) is 0 Å². The zero-order chi connectivity index (χ0) is 16.0. The number of rotatable bonds is 3. The van der Waals surface area contributed by atoms with Crippen molar-refractivity contribution in [2.24, 2.45) is 0 Å². The van der Waals surface area contributed by atoms with Crippen LogP contribution in [-0.4, -0.2) is 32.2 Å². The van der Waals surface area contributed by atoms with Crippen molar-refractivity contribution in [3.63, 3.8) is 0 Å². The molecule has 0 saturated heterocycles. The lowest BCUT2D eigenvalue weighted by molar-refractivity contribution is -0.375. The Hall–Kier alpha value is -0.880. The first-order chi connectivity index (χ1) is 8.68. The van der Waals surface area contributed by atoms with Gasteiger partial charge in [0.2, 0.25) is 0 Å². The number of alkyl halides is 6. The van der Waals surface area contributed by atoms with E-state index in [9.17, 15) is 30.9 Å². The maximum absolute atomic E-state index is 12.5. The van der Waals surface area contributed by atoms with Gasteiger partial charge in [-0.15, -0.1) is 0 Å². The van der Waals surface area contributed by atoms with Crippen LogP contribution in [0.2, 0.25) is 0 Å². The summed E-state index contributed by atoms with van der Waals surface area (Å²) < 4.78 is 85.3. The van der Waals surface area contributed by atoms with Gasteiger partial charge in [0.25, 0.3) is 5.60 Å². The number of aliphatic hydroxyl groups is 1. The summed E-state index contributed by atoms with van der Waals surface area (Å²) in [6, 6.07) is 0. The molecule has 0 radical (unpaired) electrons. The average molecular weight is 346 g/mol. The number of aromatic nitrogens is 1. The number of halogens is 6. The lowest BCUT2D eigenvalue weighted by Gasteiger charge is -2.30. The Morgan fingerprint density at radius 1 is 1.15 bits per heavy atom. The number of nitrogens with zero attached hydrogens (tertiary/aromatic N) is 1. The second-order valence-electron chi connectivity index (χ2n) is 3.39. The van der Waals surface area contributed by atoms with Gasteiger partial charge >= 0.3 is 20.1 Å². The number of hydrogen-bond acceptors (Lipinski definition) is 4. The molecule has 0 amide bonds. The second kappa shape index (κ2) is 4.84. The molecule has 6 nitrogen and oxygen atoms in total. The monoisotopic (exact) mass is 346 g/mol. The minimum absolute atomic E-state index is 0.0314. The van der Waals surface area contributed by atoms with E-state index in [0.29, 0.717) is 0 Å². The Balaban J connectivity index is 3.29. The molecule has 1 rings (SSSR count). The van der Waals surface area contributed by atoms with Gasteiger partial charge in [0.05, 0.1) is 4.88 Å². The van der Waals surface area contributed by atoms with Gasteiger partial charge in [0, 0.05) is 6.20 Å². The smallest absolute Gasteiger partial charge is 0.369 e. The Labute approximate surface area is 110 Å². The fraction of sp³-hybridized carbons (Fsp3) is 0.500. The first kappa shape index (κ1) is 17.2. The van der Waals surface area contributed by atoms with E-state index in [4.69, 9.17) is 14.9 Å². The molecule has 0 spiro atoms. The highest BCUT2D eigenvalue weighted by molar-refractivity contribution is 7.54. The SMILES string of the molecule is O=P(O)(O)Nc1ncc(C(O)(C(F)(F)F)C(F)(F)F)s1. The second-order valence-corrected chi connectivity index (χ2v) is 5.73. The molecular formula is C6H5F6N2O4PS. The molecule has 1 heterocycles. The van der Waals surface area contributed by atoms with Crippen LogP contribution in [-0.2, 0) is 10.2 Å². The van der Waals surface area contributed by atoms with Gasteiger partial charge in [-0.05, 0) is 0 Å². The Morgan fingerprint density at radius 3 is 1.95 bits per heavy atom. The summed E-state index contributed by atoms with van der Waals surface area (Å²) in [6.07, 6.45) is -12.1. The lowest BCUT2D eigenvalue weighted by Crippen LogP contribution is -2.53. The molecule has 116 valence electrons. The summed E-state index contributed by atoms with van der Waals surface area (Å²) in [5, 5.41) is 9.37. The molecule has 0 unspecified atom stereocenters. The van der Waals surface area contributed by atoms with Crippen LogP contribution < -0.4 is 5.09 Å². The van der Waals surface area contributed by atoms with Crippen LogP contribution in [0, 0.1) is 0 Å². The zero-order valence-corrected chi connectivity index (χ0v) is 10.6. The summed E-state index contributed by atoms with van der Waals surface area (Å²) in [5.74, 6) is 0. The van der Waals surface area contributed by atoms with Gasteiger partial charge < -0.3 is 14.9 Å². The Kier molecular flexibility index (Phi) is 4.16. The predicted molar refractivity (Wildman–Crippen MR) is 53.8 cm³/mol. The third-order valence-electron chi connectivity index (χ3n) is 1.92. The quantitative estimate of drug-likeness (QED) is 0.493. The van der Waals surface area contributed by atoms with E-state index in [1.165, 1.54) is 5.09 Å². The maximum Gasteiger partial charge on any atom is 0.431 e. The minimum Gasteiger partial charge on any atom is -0.369 e. The molecule has 1 aromatic rings. The van der Waals surface area contributed by atoms with E-state index in [1.807, 2.05) is 0 Å². The van der Waals surface area contributed by atoms with Crippen molar-refractivity contribution in [1.82, 2.24) is 4.98 Å². The lowest BCUT2D eigenvalue weighted by atomic mass is 10.0. The predicted octanol–water partition coefficient (Wildman–Crippen LogP) is 1.96. The number of thiazole rings is 1. The summed E-state index contributed by atoms with van der Waals surface area (Å²) in [4.78, 5) is 18.2. The minimum atomic E-state index is -6.09. The molecule has 0 aliphatic rings. The first-order valence-electron chi connectivity index (χ1n) is 4.34. The normalized spacial score (nSPS) is 14.4. The van der Waals surface area contributed by atoms with E-state index >= 15 is 0 Å². The van der Waals surface area contributed by atoms with Crippen molar-refractivity contribution in [1.29, 1.82) is 0 Å². The van der Waals surface area contributed by atoms with E-state index < -0.39 is 35.7 Å². The maximum atomic E-state index is 12.5. The molecule has 0 atom stereocenters. The number of nitrogens with one attached hydrogen (secondary N) is 1. The molecule has 0 aliphatic carbocycles. The molecule has 0 aromatic carbocycles. The third kappa shape index (κ3) is 3.23. The topological polar surface area (TPSA) is 103 Å². The molecule has 0 saturated carbocycles. The number of anilines is 1.